The molecule has 2 N–H and O–H groups in total. The summed E-state index contributed by atoms with van der Waals surface area (Å²) in [5, 5.41) is 0. The first-order valence-electron chi connectivity index (χ1n) is 6.42. The SMILES string of the molecule is COc1cccc(N2CCSCC2C)c1[C@H](C)N. The molecular weight excluding hydrogens is 244 g/mol. The smallest absolute Gasteiger partial charge is 0.125 e. The van der Waals surface area contributed by atoms with Crippen molar-refractivity contribution in [1.29, 1.82) is 0 Å². The lowest BCUT2D eigenvalue weighted by atomic mass is 10.0. The summed E-state index contributed by atoms with van der Waals surface area (Å²) in [6.45, 7) is 5.38. The minimum atomic E-state index is -0.0158. The van der Waals surface area contributed by atoms with Gasteiger partial charge in [0, 0.05) is 41.4 Å². The Balaban J connectivity index is 2.42. The molecule has 1 aromatic rings. The first-order chi connectivity index (χ1) is 8.65. The highest BCUT2D eigenvalue weighted by Crippen LogP contribution is 2.36. The molecule has 1 saturated heterocycles. The number of benzene rings is 1. The molecule has 1 aliphatic heterocycles. The van der Waals surface area contributed by atoms with Gasteiger partial charge in [0.25, 0.3) is 0 Å². The monoisotopic (exact) mass is 266 g/mol. The Morgan fingerprint density at radius 1 is 1.50 bits per heavy atom. The third kappa shape index (κ3) is 2.59. The molecule has 1 fully saturated rings. The number of nitrogens with zero attached hydrogens (tertiary/aromatic N) is 1. The number of hydrogen-bond acceptors (Lipinski definition) is 4. The van der Waals surface area contributed by atoms with E-state index in [1.807, 2.05) is 24.8 Å². The molecule has 0 saturated carbocycles. The second-order valence-electron chi connectivity index (χ2n) is 4.80. The standard InChI is InChI=1S/C14H22N2OS/c1-10-9-18-8-7-16(10)12-5-4-6-13(17-3)14(12)11(2)15/h4-6,10-11H,7-9,15H2,1-3H3/t10?,11-/m0/s1. The maximum absolute atomic E-state index is 6.13. The Hall–Kier alpha value is -0.870. The van der Waals surface area contributed by atoms with E-state index in [0.29, 0.717) is 6.04 Å². The second-order valence-corrected chi connectivity index (χ2v) is 5.95. The molecule has 2 atom stereocenters. The summed E-state index contributed by atoms with van der Waals surface area (Å²) in [5.74, 6) is 3.25. The van der Waals surface area contributed by atoms with Crippen molar-refractivity contribution in [2.75, 3.05) is 30.1 Å². The van der Waals surface area contributed by atoms with E-state index in [4.69, 9.17) is 10.5 Å². The number of anilines is 1. The number of rotatable bonds is 3. The van der Waals surface area contributed by atoms with Gasteiger partial charge in [-0.05, 0) is 26.0 Å². The molecular formula is C14H22N2OS. The van der Waals surface area contributed by atoms with Gasteiger partial charge in [0.05, 0.1) is 7.11 Å². The maximum Gasteiger partial charge on any atom is 0.125 e. The van der Waals surface area contributed by atoms with Crippen LogP contribution in [-0.4, -0.2) is 31.2 Å². The van der Waals surface area contributed by atoms with Gasteiger partial charge in [-0.3, -0.25) is 0 Å². The van der Waals surface area contributed by atoms with Crippen LogP contribution in [0.25, 0.3) is 0 Å². The van der Waals surface area contributed by atoms with E-state index in [1.54, 1.807) is 7.11 Å². The van der Waals surface area contributed by atoms with Gasteiger partial charge in [0.15, 0.2) is 0 Å². The van der Waals surface area contributed by atoms with Crippen molar-refractivity contribution in [1.82, 2.24) is 0 Å². The third-order valence-electron chi connectivity index (χ3n) is 3.40. The summed E-state index contributed by atoms with van der Waals surface area (Å²) in [4.78, 5) is 2.46. The predicted octanol–water partition coefficient (Wildman–Crippen LogP) is 2.66. The summed E-state index contributed by atoms with van der Waals surface area (Å²) < 4.78 is 5.46. The molecule has 4 heteroatoms. The van der Waals surface area contributed by atoms with Crippen molar-refractivity contribution in [3.63, 3.8) is 0 Å². The molecule has 0 aromatic heterocycles. The molecule has 100 valence electrons. The zero-order valence-electron chi connectivity index (χ0n) is 11.3. The zero-order chi connectivity index (χ0) is 13.1. The summed E-state index contributed by atoms with van der Waals surface area (Å²) in [6, 6.07) is 6.74. The fourth-order valence-corrected chi connectivity index (χ4v) is 3.52. The number of thioether (sulfide) groups is 1. The van der Waals surface area contributed by atoms with E-state index >= 15 is 0 Å². The molecule has 1 unspecified atom stereocenters. The molecule has 0 aliphatic carbocycles. The van der Waals surface area contributed by atoms with Gasteiger partial charge < -0.3 is 15.4 Å². The van der Waals surface area contributed by atoms with Crippen molar-refractivity contribution < 1.29 is 4.74 Å². The van der Waals surface area contributed by atoms with Gasteiger partial charge in [0.2, 0.25) is 0 Å². The average Bonchev–Trinajstić information content (AvgIpc) is 2.38. The Labute approximate surface area is 114 Å². The van der Waals surface area contributed by atoms with Crippen LogP contribution in [0.4, 0.5) is 5.69 Å². The fraction of sp³-hybridized carbons (Fsp3) is 0.571. The zero-order valence-corrected chi connectivity index (χ0v) is 12.2. The van der Waals surface area contributed by atoms with Crippen LogP contribution < -0.4 is 15.4 Å². The molecule has 0 radical (unpaired) electrons. The predicted molar refractivity (Wildman–Crippen MR) is 79.7 cm³/mol. The summed E-state index contributed by atoms with van der Waals surface area (Å²) in [5.41, 5.74) is 8.49. The lowest BCUT2D eigenvalue weighted by Crippen LogP contribution is -2.41. The Kier molecular flexibility index (Phi) is 4.40. The number of ether oxygens (including phenoxy) is 1. The van der Waals surface area contributed by atoms with Gasteiger partial charge in [-0.25, -0.2) is 0 Å². The topological polar surface area (TPSA) is 38.5 Å². The van der Waals surface area contributed by atoms with Crippen LogP contribution in [0.1, 0.15) is 25.5 Å². The van der Waals surface area contributed by atoms with Crippen LogP contribution in [-0.2, 0) is 0 Å². The van der Waals surface area contributed by atoms with Crippen LogP contribution in [0.2, 0.25) is 0 Å². The summed E-state index contributed by atoms with van der Waals surface area (Å²) >= 11 is 2.02. The highest BCUT2D eigenvalue weighted by molar-refractivity contribution is 7.99. The maximum atomic E-state index is 6.13. The number of hydrogen-bond donors (Lipinski definition) is 1. The molecule has 3 nitrogen and oxygen atoms in total. The summed E-state index contributed by atoms with van der Waals surface area (Å²) in [6.07, 6.45) is 0. The van der Waals surface area contributed by atoms with Crippen molar-refractivity contribution in [2.45, 2.75) is 25.9 Å². The Bertz CT molecular complexity index is 409. The first kappa shape index (κ1) is 13.6. The van der Waals surface area contributed by atoms with Crippen LogP contribution in [0.5, 0.6) is 5.75 Å². The third-order valence-corrected chi connectivity index (χ3v) is 4.58. The fourth-order valence-electron chi connectivity index (χ4n) is 2.50. The lowest BCUT2D eigenvalue weighted by Gasteiger charge is -2.37. The molecule has 0 bridgehead atoms. The molecule has 1 heterocycles. The highest BCUT2D eigenvalue weighted by atomic mass is 32.2. The minimum Gasteiger partial charge on any atom is -0.496 e. The van der Waals surface area contributed by atoms with E-state index in [2.05, 4.69) is 24.0 Å². The van der Waals surface area contributed by atoms with Crippen molar-refractivity contribution in [2.24, 2.45) is 5.73 Å². The summed E-state index contributed by atoms with van der Waals surface area (Å²) in [7, 11) is 1.71. The van der Waals surface area contributed by atoms with E-state index in [1.165, 1.54) is 17.2 Å². The second kappa shape index (κ2) is 5.85. The van der Waals surface area contributed by atoms with E-state index in [0.717, 1.165) is 17.9 Å². The van der Waals surface area contributed by atoms with Gasteiger partial charge >= 0.3 is 0 Å². The quantitative estimate of drug-likeness (QED) is 0.913. The Morgan fingerprint density at radius 2 is 2.28 bits per heavy atom. The van der Waals surface area contributed by atoms with E-state index in [9.17, 15) is 0 Å². The number of nitrogens with two attached hydrogens (primary N) is 1. The van der Waals surface area contributed by atoms with Crippen LogP contribution in [0.3, 0.4) is 0 Å². The Morgan fingerprint density at radius 3 is 2.89 bits per heavy atom. The first-order valence-corrected chi connectivity index (χ1v) is 7.57. The van der Waals surface area contributed by atoms with Crippen LogP contribution in [0.15, 0.2) is 18.2 Å². The van der Waals surface area contributed by atoms with E-state index in [-0.39, 0.29) is 6.04 Å². The van der Waals surface area contributed by atoms with E-state index < -0.39 is 0 Å². The molecule has 1 aromatic carbocycles. The van der Waals surface area contributed by atoms with Crippen molar-refractivity contribution in [3.05, 3.63) is 23.8 Å². The van der Waals surface area contributed by atoms with Crippen molar-refractivity contribution in [3.8, 4) is 5.75 Å². The molecule has 1 aliphatic rings. The van der Waals surface area contributed by atoms with Crippen LogP contribution >= 0.6 is 11.8 Å². The number of methoxy groups -OCH3 is 1. The lowest BCUT2D eigenvalue weighted by molar-refractivity contribution is 0.406. The molecule has 18 heavy (non-hydrogen) atoms. The van der Waals surface area contributed by atoms with Gasteiger partial charge in [0.1, 0.15) is 5.75 Å². The van der Waals surface area contributed by atoms with Crippen molar-refractivity contribution >= 4 is 17.4 Å². The average molecular weight is 266 g/mol. The van der Waals surface area contributed by atoms with Gasteiger partial charge in [-0.1, -0.05) is 6.07 Å². The van der Waals surface area contributed by atoms with Gasteiger partial charge in [-0.15, -0.1) is 0 Å². The van der Waals surface area contributed by atoms with Gasteiger partial charge in [-0.2, -0.15) is 11.8 Å². The normalized spacial score (nSPS) is 21.8. The highest BCUT2D eigenvalue weighted by Gasteiger charge is 2.24. The minimum absolute atomic E-state index is 0.0158. The molecule has 2 rings (SSSR count). The largest absolute Gasteiger partial charge is 0.496 e. The molecule has 0 amide bonds. The van der Waals surface area contributed by atoms with Crippen LogP contribution in [0, 0.1) is 0 Å². The molecule has 0 spiro atoms.